The van der Waals surface area contributed by atoms with Gasteiger partial charge >= 0.3 is 0 Å². The van der Waals surface area contributed by atoms with Crippen LogP contribution < -0.4 is 9.62 Å². The summed E-state index contributed by atoms with van der Waals surface area (Å²) >= 11 is 18.4. The van der Waals surface area contributed by atoms with E-state index in [2.05, 4.69) is 5.32 Å². The minimum Gasteiger partial charge on any atom is -0.354 e. The summed E-state index contributed by atoms with van der Waals surface area (Å²) in [5.74, 6) is -0.558. The second kappa shape index (κ2) is 14.1. The molecular weight excluding hydrogens is 545 g/mol. The van der Waals surface area contributed by atoms with E-state index in [0.29, 0.717) is 32.9 Å². The lowest BCUT2D eigenvalue weighted by Crippen LogP contribution is -2.48. The average Bonchev–Trinajstić information content (AvgIpc) is 2.80. The van der Waals surface area contributed by atoms with Gasteiger partial charge in [-0.1, -0.05) is 60.3 Å². The van der Waals surface area contributed by atoms with Gasteiger partial charge in [0.15, 0.2) is 0 Å². The fraction of sp³-hybridized carbons (Fsp3) is 0.440. The van der Waals surface area contributed by atoms with Crippen molar-refractivity contribution in [2.45, 2.75) is 52.1 Å². The van der Waals surface area contributed by atoms with E-state index in [-0.39, 0.29) is 37.7 Å². The molecular formula is C25H32Cl3N3O4S. The third kappa shape index (κ3) is 9.14. The number of carbonyl (C=O) groups is 2. The van der Waals surface area contributed by atoms with Crippen molar-refractivity contribution in [1.82, 2.24) is 10.2 Å². The Hall–Kier alpha value is -2.00. The topological polar surface area (TPSA) is 86.8 Å². The van der Waals surface area contributed by atoms with Crippen LogP contribution in [0.5, 0.6) is 0 Å². The summed E-state index contributed by atoms with van der Waals surface area (Å²) in [5, 5.41) is 4.13. The molecule has 2 aromatic carbocycles. The number of halogens is 3. The predicted molar refractivity (Wildman–Crippen MR) is 147 cm³/mol. The van der Waals surface area contributed by atoms with Crippen molar-refractivity contribution in [3.05, 3.63) is 63.1 Å². The molecule has 0 aliphatic heterocycles. The van der Waals surface area contributed by atoms with Crippen LogP contribution in [0.4, 0.5) is 5.69 Å². The number of amides is 2. The maximum Gasteiger partial charge on any atom is 0.242 e. The molecule has 198 valence electrons. The molecule has 0 unspecified atom stereocenters. The van der Waals surface area contributed by atoms with E-state index < -0.39 is 16.1 Å². The quantitative estimate of drug-likeness (QED) is 0.318. The van der Waals surface area contributed by atoms with Crippen LogP contribution in [-0.4, -0.2) is 50.5 Å². The first-order chi connectivity index (χ1) is 16.9. The van der Waals surface area contributed by atoms with Gasteiger partial charge in [-0.3, -0.25) is 13.9 Å². The number of anilines is 1. The van der Waals surface area contributed by atoms with E-state index in [1.165, 1.54) is 9.21 Å². The van der Waals surface area contributed by atoms with Crippen LogP contribution >= 0.6 is 34.8 Å². The monoisotopic (exact) mass is 575 g/mol. The van der Waals surface area contributed by atoms with Crippen molar-refractivity contribution in [3.8, 4) is 0 Å². The number of nitrogens with one attached hydrogen (secondary N) is 1. The lowest BCUT2D eigenvalue weighted by atomic mass is 10.1. The molecule has 2 rings (SSSR count). The summed E-state index contributed by atoms with van der Waals surface area (Å²) in [7, 11) is -3.60. The van der Waals surface area contributed by atoms with E-state index in [0.717, 1.165) is 19.1 Å². The third-order valence-electron chi connectivity index (χ3n) is 5.60. The fourth-order valence-electron chi connectivity index (χ4n) is 3.59. The van der Waals surface area contributed by atoms with Crippen molar-refractivity contribution in [1.29, 1.82) is 0 Å². The van der Waals surface area contributed by atoms with Crippen molar-refractivity contribution in [2.24, 2.45) is 0 Å². The minimum absolute atomic E-state index is 0.0321. The Morgan fingerprint density at radius 3 is 2.33 bits per heavy atom. The number of carbonyl (C=O) groups excluding carboxylic acids is 2. The fourth-order valence-corrected chi connectivity index (χ4v) is 5.20. The summed E-state index contributed by atoms with van der Waals surface area (Å²) in [6, 6.07) is 10.7. The smallest absolute Gasteiger partial charge is 0.242 e. The number of nitrogens with zero attached hydrogens (tertiary/aromatic N) is 2. The maximum absolute atomic E-state index is 13.3. The van der Waals surface area contributed by atoms with Crippen LogP contribution in [0.15, 0.2) is 42.5 Å². The van der Waals surface area contributed by atoms with Gasteiger partial charge in [0.25, 0.3) is 0 Å². The standard InChI is InChI=1S/C25H32Cl3N3O4S/c1-4-5-13-29-25(33)18(2)30(17-19-11-12-21(27)16-23(19)28)24(32)10-7-14-31(36(3,34)35)22-9-6-8-20(26)15-22/h6,8-9,11-12,15-16,18H,4-5,7,10,13-14,17H2,1-3H3,(H,29,33)/t18-/m1/s1. The summed E-state index contributed by atoms with van der Waals surface area (Å²) in [5.41, 5.74) is 1.07. The van der Waals surface area contributed by atoms with Crippen molar-refractivity contribution in [2.75, 3.05) is 23.7 Å². The van der Waals surface area contributed by atoms with Gasteiger partial charge in [-0.2, -0.15) is 0 Å². The normalized spacial score (nSPS) is 12.2. The predicted octanol–water partition coefficient (Wildman–Crippen LogP) is 5.53. The van der Waals surface area contributed by atoms with Crippen LogP contribution in [-0.2, 0) is 26.2 Å². The van der Waals surface area contributed by atoms with Crippen LogP contribution in [0.1, 0.15) is 45.1 Å². The summed E-state index contributed by atoms with van der Waals surface area (Å²) < 4.78 is 26.0. The second-order valence-corrected chi connectivity index (χ2v) is 11.7. The molecule has 7 nitrogen and oxygen atoms in total. The Morgan fingerprint density at radius 1 is 1.03 bits per heavy atom. The number of hydrogen-bond donors (Lipinski definition) is 1. The molecule has 36 heavy (non-hydrogen) atoms. The molecule has 0 radical (unpaired) electrons. The molecule has 1 atom stereocenters. The zero-order valence-corrected chi connectivity index (χ0v) is 23.7. The van der Waals surface area contributed by atoms with Gasteiger partial charge < -0.3 is 10.2 Å². The lowest BCUT2D eigenvalue weighted by molar-refractivity contribution is -0.140. The maximum atomic E-state index is 13.3. The average molecular weight is 577 g/mol. The molecule has 0 aliphatic rings. The van der Waals surface area contributed by atoms with Gasteiger partial charge in [0.1, 0.15) is 6.04 Å². The first-order valence-corrected chi connectivity index (χ1v) is 14.7. The molecule has 0 saturated heterocycles. The van der Waals surface area contributed by atoms with E-state index in [9.17, 15) is 18.0 Å². The summed E-state index contributed by atoms with van der Waals surface area (Å²) in [4.78, 5) is 27.5. The zero-order chi connectivity index (χ0) is 26.9. The molecule has 0 saturated carbocycles. The van der Waals surface area contributed by atoms with Crippen LogP contribution in [0.2, 0.25) is 15.1 Å². The van der Waals surface area contributed by atoms with Gasteiger partial charge in [0.2, 0.25) is 21.8 Å². The largest absolute Gasteiger partial charge is 0.354 e. The van der Waals surface area contributed by atoms with Crippen molar-refractivity contribution < 1.29 is 18.0 Å². The van der Waals surface area contributed by atoms with Crippen LogP contribution in [0.3, 0.4) is 0 Å². The lowest BCUT2D eigenvalue weighted by Gasteiger charge is -2.30. The Bertz CT molecular complexity index is 1160. The molecule has 0 heterocycles. The number of sulfonamides is 1. The molecule has 0 fully saturated rings. The van der Waals surface area contributed by atoms with Crippen molar-refractivity contribution in [3.63, 3.8) is 0 Å². The Kier molecular flexibility index (Phi) is 11.8. The van der Waals surface area contributed by atoms with E-state index >= 15 is 0 Å². The molecule has 0 spiro atoms. The number of rotatable bonds is 13. The third-order valence-corrected chi connectivity index (χ3v) is 7.62. The SMILES string of the molecule is CCCCNC(=O)[C@@H](C)N(Cc1ccc(Cl)cc1Cl)C(=O)CCCN(c1cccc(Cl)c1)S(C)(=O)=O. The highest BCUT2D eigenvalue weighted by molar-refractivity contribution is 7.92. The van der Waals surface area contributed by atoms with Crippen molar-refractivity contribution >= 4 is 62.3 Å². The Balaban J connectivity index is 2.18. The van der Waals surface area contributed by atoms with Gasteiger partial charge in [-0.15, -0.1) is 0 Å². The molecule has 11 heteroatoms. The first-order valence-electron chi connectivity index (χ1n) is 11.7. The highest BCUT2D eigenvalue weighted by atomic mass is 35.5. The number of benzene rings is 2. The Labute approximate surface area is 228 Å². The van der Waals surface area contributed by atoms with Gasteiger partial charge in [-0.25, -0.2) is 8.42 Å². The molecule has 0 aromatic heterocycles. The number of unbranched alkanes of at least 4 members (excludes halogenated alkanes) is 1. The van der Waals surface area contributed by atoms with Gasteiger partial charge in [-0.05, 0) is 55.7 Å². The summed E-state index contributed by atoms with van der Waals surface area (Å²) in [6.45, 7) is 4.40. The highest BCUT2D eigenvalue weighted by Gasteiger charge is 2.27. The highest BCUT2D eigenvalue weighted by Crippen LogP contribution is 2.25. The van der Waals surface area contributed by atoms with Gasteiger partial charge in [0, 0.05) is 41.1 Å². The molecule has 0 aliphatic carbocycles. The van der Waals surface area contributed by atoms with E-state index in [4.69, 9.17) is 34.8 Å². The minimum atomic E-state index is -3.60. The summed E-state index contributed by atoms with van der Waals surface area (Å²) in [6.07, 6.45) is 3.15. The molecule has 2 amide bonds. The molecule has 1 N–H and O–H groups in total. The van der Waals surface area contributed by atoms with E-state index in [1.807, 2.05) is 6.92 Å². The van der Waals surface area contributed by atoms with Crippen LogP contribution in [0.25, 0.3) is 0 Å². The van der Waals surface area contributed by atoms with E-state index in [1.54, 1.807) is 49.4 Å². The Morgan fingerprint density at radius 2 is 1.72 bits per heavy atom. The van der Waals surface area contributed by atoms with Crippen LogP contribution in [0, 0.1) is 0 Å². The molecule has 0 bridgehead atoms. The van der Waals surface area contributed by atoms with Gasteiger partial charge in [0.05, 0.1) is 11.9 Å². The zero-order valence-electron chi connectivity index (χ0n) is 20.6. The number of hydrogen-bond acceptors (Lipinski definition) is 4. The molecule has 2 aromatic rings. The first kappa shape index (κ1) is 30.2. The second-order valence-electron chi connectivity index (χ2n) is 8.50.